The fourth-order valence-electron chi connectivity index (χ4n) is 5.29. The number of carbonyl (C=O) groups is 2. The summed E-state index contributed by atoms with van der Waals surface area (Å²) >= 11 is 6.36. The van der Waals surface area contributed by atoms with E-state index in [-0.39, 0.29) is 37.0 Å². The minimum atomic E-state index is -4.59. The molecular weight excluding hydrogens is 501 g/mol. The number of H-pyrrole nitrogens is 2. The Morgan fingerprint density at radius 2 is 1.97 bits per heavy atom. The zero-order valence-corrected chi connectivity index (χ0v) is 19.9. The molecule has 1 saturated heterocycles. The summed E-state index contributed by atoms with van der Waals surface area (Å²) in [4.78, 5) is 43.3. The number of piperidine rings is 1. The van der Waals surface area contributed by atoms with Crippen molar-refractivity contribution >= 4 is 34.3 Å². The van der Waals surface area contributed by atoms with Crippen LogP contribution in [0.25, 0.3) is 10.9 Å². The molecule has 2 aliphatic heterocycles. The summed E-state index contributed by atoms with van der Waals surface area (Å²) in [5.41, 5.74) is 1.47. The van der Waals surface area contributed by atoms with Gasteiger partial charge in [-0.2, -0.15) is 18.3 Å². The van der Waals surface area contributed by atoms with Crippen molar-refractivity contribution in [3.05, 3.63) is 51.3 Å². The maximum Gasteiger partial charge on any atom is 0.406 e. The maximum absolute atomic E-state index is 13.4. The number of nitrogens with one attached hydrogen (secondary N) is 2. The molecule has 13 heteroatoms. The zero-order valence-electron chi connectivity index (χ0n) is 19.1. The number of amides is 2. The molecule has 1 aromatic carbocycles. The third-order valence-electron chi connectivity index (χ3n) is 7.05. The molecule has 9 nitrogen and oxygen atoms in total. The number of fused-ring (bicyclic) bond motifs is 3. The van der Waals surface area contributed by atoms with Gasteiger partial charge in [-0.3, -0.25) is 19.3 Å². The van der Waals surface area contributed by atoms with Gasteiger partial charge in [-0.15, -0.1) is 0 Å². The van der Waals surface area contributed by atoms with Gasteiger partial charge in [0.05, 0.1) is 22.7 Å². The lowest BCUT2D eigenvalue weighted by molar-refractivity contribution is -0.165. The topological polar surface area (TPSA) is 107 Å². The molecule has 2 aliphatic rings. The molecular formula is C23H24ClF3N6O3. The molecule has 1 unspecified atom stereocenters. The van der Waals surface area contributed by atoms with Gasteiger partial charge in [0, 0.05) is 49.9 Å². The smallest absolute Gasteiger partial charge is 0.343 e. The molecule has 0 radical (unpaired) electrons. The zero-order chi connectivity index (χ0) is 25.6. The van der Waals surface area contributed by atoms with Crippen molar-refractivity contribution in [1.82, 2.24) is 29.5 Å². The van der Waals surface area contributed by atoms with Crippen LogP contribution in [0.4, 0.5) is 13.2 Å². The highest BCUT2D eigenvalue weighted by molar-refractivity contribution is 6.35. The van der Waals surface area contributed by atoms with Gasteiger partial charge in [-0.05, 0) is 36.5 Å². The number of rotatable bonds is 4. The molecule has 2 aromatic heterocycles. The van der Waals surface area contributed by atoms with Gasteiger partial charge in [0.1, 0.15) is 6.54 Å². The Balaban J connectivity index is 1.36. The Hall–Kier alpha value is -3.28. The lowest BCUT2D eigenvalue weighted by atomic mass is 9.92. The number of hydrogen-bond acceptors (Lipinski definition) is 4. The molecule has 1 atom stereocenters. The fourth-order valence-corrected chi connectivity index (χ4v) is 5.57. The van der Waals surface area contributed by atoms with Crippen LogP contribution >= 0.6 is 11.6 Å². The Bertz CT molecular complexity index is 1360. The van der Waals surface area contributed by atoms with E-state index in [2.05, 4.69) is 15.2 Å². The van der Waals surface area contributed by atoms with E-state index in [4.69, 9.17) is 11.6 Å². The van der Waals surface area contributed by atoms with Crippen molar-refractivity contribution in [3.8, 4) is 0 Å². The van der Waals surface area contributed by atoms with Crippen LogP contribution in [-0.2, 0) is 22.6 Å². The van der Waals surface area contributed by atoms with Gasteiger partial charge >= 0.3 is 11.9 Å². The Morgan fingerprint density at radius 1 is 1.22 bits per heavy atom. The molecule has 2 amide bonds. The minimum absolute atomic E-state index is 0.0408. The quantitative estimate of drug-likeness (QED) is 0.547. The summed E-state index contributed by atoms with van der Waals surface area (Å²) in [5, 5.41) is 7.62. The van der Waals surface area contributed by atoms with Crippen LogP contribution in [0.5, 0.6) is 0 Å². The van der Waals surface area contributed by atoms with E-state index in [1.807, 2.05) is 0 Å². The molecule has 2 N–H and O–H groups in total. The van der Waals surface area contributed by atoms with E-state index < -0.39 is 24.5 Å². The van der Waals surface area contributed by atoms with Crippen molar-refractivity contribution in [2.75, 3.05) is 19.6 Å². The Morgan fingerprint density at radius 3 is 2.64 bits per heavy atom. The number of likely N-dealkylation sites (tertiary alicyclic amines) is 1. The van der Waals surface area contributed by atoms with Crippen molar-refractivity contribution < 1.29 is 22.8 Å². The van der Waals surface area contributed by atoms with E-state index in [1.54, 1.807) is 27.9 Å². The van der Waals surface area contributed by atoms with Crippen LogP contribution in [-0.4, -0.2) is 67.2 Å². The first-order valence-corrected chi connectivity index (χ1v) is 12.0. The van der Waals surface area contributed by atoms with Crippen molar-refractivity contribution in [2.45, 2.75) is 44.4 Å². The number of nitrogens with zero attached hydrogens (tertiary/aromatic N) is 4. The molecule has 4 heterocycles. The third kappa shape index (κ3) is 4.73. The normalized spacial score (nSPS) is 19.6. The molecule has 0 bridgehead atoms. The van der Waals surface area contributed by atoms with Gasteiger partial charge in [0.15, 0.2) is 0 Å². The summed E-state index contributed by atoms with van der Waals surface area (Å²) < 4.78 is 41.7. The molecule has 0 saturated carbocycles. The van der Waals surface area contributed by atoms with Gasteiger partial charge in [-0.1, -0.05) is 11.6 Å². The lowest BCUT2D eigenvalue weighted by Gasteiger charge is -2.33. The predicted molar refractivity (Wildman–Crippen MR) is 124 cm³/mol. The van der Waals surface area contributed by atoms with Crippen LogP contribution in [0, 0.1) is 5.92 Å². The van der Waals surface area contributed by atoms with Crippen LogP contribution < -0.4 is 5.69 Å². The van der Waals surface area contributed by atoms with Gasteiger partial charge in [0.2, 0.25) is 11.8 Å². The SMILES string of the molecule is O=C(CC1Cc2cc(Cl)c3[nH]ncc3c2CN(CC(F)(F)F)C1=O)N1CCC(n2cc[nH]c2=O)CC1. The lowest BCUT2D eigenvalue weighted by Crippen LogP contribution is -2.44. The Labute approximate surface area is 208 Å². The summed E-state index contributed by atoms with van der Waals surface area (Å²) in [5.74, 6) is -1.95. The minimum Gasteiger partial charge on any atom is -0.343 e. The fraction of sp³-hybridized carbons (Fsp3) is 0.478. The molecule has 0 spiro atoms. The van der Waals surface area contributed by atoms with Gasteiger partial charge in [-0.25, -0.2) is 4.79 Å². The molecule has 0 aliphatic carbocycles. The predicted octanol–water partition coefficient (Wildman–Crippen LogP) is 3.02. The highest BCUT2D eigenvalue weighted by Crippen LogP contribution is 2.35. The highest BCUT2D eigenvalue weighted by atomic mass is 35.5. The maximum atomic E-state index is 13.4. The highest BCUT2D eigenvalue weighted by Gasteiger charge is 2.39. The summed E-state index contributed by atoms with van der Waals surface area (Å²) in [7, 11) is 0. The number of imidazole rings is 1. The standard InChI is InChI=1S/C23H24ClF3N6O3/c24-18-8-13-7-14(9-19(34)31-4-1-15(2-5-31)33-6-3-28-22(33)36)21(35)32(12-23(25,26)27)11-17(13)16-10-29-30-20(16)18/h3,6,8,10,14-15H,1-2,4-5,7,9,11-12H2,(H,28,36)(H,29,30). The van der Waals surface area contributed by atoms with Crippen LogP contribution in [0.3, 0.4) is 0 Å². The first-order chi connectivity index (χ1) is 17.1. The summed E-state index contributed by atoms with van der Waals surface area (Å²) in [6.07, 6.45) is 1.16. The van der Waals surface area contributed by atoms with Gasteiger partial charge < -0.3 is 14.8 Å². The van der Waals surface area contributed by atoms with E-state index in [9.17, 15) is 27.6 Å². The van der Waals surface area contributed by atoms with Crippen molar-refractivity contribution in [1.29, 1.82) is 0 Å². The second kappa shape index (κ2) is 9.30. The monoisotopic (exact) mass is 524 g/mol. The molecule has 3 aromatic rings. The second-order valence-electron chi connectivity index (χ2n) is 9.35. The molecule has 192 valence electrons. The first kappa shape index (κ1) is 24.4. The molecule has 1 fully saturated rings. The van der Waals surface area contributed by atoms with E-state index in [0.717, 1.165) is 4.90 Å². The molecule has 5 rings (SSSR count). The number of halogens is 4. The average Bonchev–Trinajstić information content (AvgIpc) is 3.46. The number of aromatic amines is 2. The van der Waals surface area contributed by atoms with E-state index in [0.29, 0.717) is 53.0 Å². The first-order valence-electron chi connectivity index (χ1n) is 11.6. The summed E-state index contributed by atoms with van der Waals surface area (Å²) in [6.45, 7) is -0.865. The van der Waals surface area contributed by atoms with Crippen LogP contribution in [0.2, 0.25) is 5.02 Å². The van der Waals surface area contributed by atoms with E-state index >= 15 is 0 Å². The number of aromatic nitrogens is 4. The van der Waals surface area contributed by atoms with Crippen LogP contribution in [0.15, 0.2) is 29.5 Å². The number of hydrogen-bond donors (Lipinski definition) is 2. The average molecular weight is 525 g/mol. The number of benzene rings is 1. The molecule has 36 heavy (non-hydrogen) atoms. The van der Waals surface area contributed by atoms with Crippen molar-refractivity contribution in [3.63, 3.8) is 0 Å². The largest absolute Gasteiger partial charge is 0.406 e. The summed E-state index contributed by atoms with van der Waals surface area (Å²) in [6, 6.07) is 1.60. The third-order valence-corrected chi connectivity index (χ3v) is 7.34. The van der Waals surface area contributed by atoms with Crippen LogP contribution in [0.1, 0.15) is 36.4 Å². The van der Waals surface area contributed by atoms with Gasteiger partial charge in [0.25, 0.3) is 0 Å². The second-order valence-corrected chi connectivity index (χ2v) is 9.76. The Kier molecular flexibility index (Phi) is 6.31. The number of carbonyl (C=O) groups excluding carboxylic acids is 2. The van der Waals surface area contributed by atoms with E-state index in [1.165, 1.54) is 6.20 Å². The van der Waals surface area contributed by atoms with Crippen molar-refractivity contribution in [2.24, 2.45) is 5.92 Å². The number of alkyl halides is 3.